The Hall–Kier alpha value is -3.34. The number of aromatic nitrogens is 4. The molecule has 0 radical (unpaired) electrons. The number of rotatable bonds is 5. The second-order valence-electron chi connectivity index (χ2n) is 7.93. The summed E-state index contributed by atoms with van der Waals surface area (Å²) in [5.41, 5.74) is 3.05. The van der Waals surface area contributed by atoms with E-state index in [1.165, 1.54) is 0 Å². The number of hydrogen-bond acceptors (Lipinski definition) is 7. The van der Waals surface area contributed by atoms with Gasteiger partial charge in [-0.05, 0) is 40.4 Å². The van der Waals surface area contributed by atoms with Gasteiger partial charge in [0.2, 0.25) is 11.9 Å². The van der Waals surface area contributed by atoms with Crippen LogP contribution in [-0.2, 0) is 23.1 Å². The zero-order chi connectivity index (χ0) is 22.4. The van der Waals surface area contributed by atoms with Crippen molar-refractivity contribution in [3.05, 3.63) is 47.2 Å². The number of carboxylic acid groups (broad SMARTS) is 1. The first-order valence-electron chi connectivity index (χ1n) is 10.2. The molecule has 0 spiro atoms. The Morgan fingerprint density at radius 1 is 1.25 bits per heavy atom. The number of carbonyl (C=O) groups excluding carboxylic acids is 1. The predicted octanol–water partition coefficient (Wildman–Crippen LogP) is 1.93. The van der Waals surface area contributed by atoms with Gasteiger partial charge in [-0.15, -0.1) is 0 Å². The number of hydrogen-bond donors (Lipinski definition) is 2. The van der Waals surface area contributed by atoms with Crippen molar-refractivity contribution >= 4 is 50.5 Å². The molecule has 164 valence electrons. The lowest BCUT2D eigenvalue weighted by atomic mass is 10.2. The molecule has 3 unspecified atom stereocenters. The second kappa shape index (κ2) is 7.97. The molecule has 2 N–H and O–H groups in total. The van der Waals surface area contributed by atoms with Gasteiger partial charge in [0.25, 0.3) is 0 Å². The lowest BCUT2D eigenvalue weighted by Gasteiger charge is -2.20. The van der Waals surface area contributed by atoms with Gasteiger partial charge in [-0.25, -0.2) is 4.98 Å². The molecule has 2 aliphatic rings. The summed E-state index contributed by atoms with van der Waals surface area (Å²) < 4.78 is 2.57. The van der Waals surface area contributed by atoms with Crippen molar-refractivity contribution in [1.29, 1.82) is 0 Å². The number of imidazole rings is 1. The summed E-state index contributed by atoms with van der Waals surface area (Å²) in [6.07, 6.45) is 7.11. The van der Waals surface area contributed by atoms with Crippen LogP contribution < -0.4 is 5.32 Å². The van der Waals surface area contributed by atoms with Crippen LogP contribution in [0.5, 0.6) is 0 Å². The van der Waals surface area contributed by atoms with Crippen LogP contribution >= 0.6 is 15.9 Å². The summed E-state index contributed by atoms with van der Waals surface area (Å²) in [5.74, 6) is -2.31. The number of fused-ring (bicyclic) bond motifs is 1. The van der Waals surface area contributed by atoms with E-state index >= 15 is 0 Å². The van der Waals surface area contributed by atoms with Gasteiger partial charge in [0.15, 0.2) is 0 Å². The van der Waals surface area contributed by atoms with Gasteiger partial charge < -0.3 is 15.0 Å². The normalized spacial score (nSPS) is 22.1. The number of nitrogens with zero attached hydrogens (tertiary/aromatic N) is 6. The monoisotopic (exact) mass is 497 g/mol. The molecular formula is C21H20BrN7O3. The van der Waals surface area contributed by atoms with Crippen LogP contribution in [0, 0.1) is 17.8 Å². The van der Waals surface area contributed by atoms with Gasteiger partial charge in [-0.1, -0.05) is 0 Å². The van der Waals surface area contributed by atoms with Crippen LogP contribution in [-0.4, -0.2) is 60.5 Å². The highest BCUT2D eigenvalue weighted by Crippen LogP contribution is 2.49. The summed E-state index contributed by atoms with van der Waals surface area (Å²) in [4.78, 5) is 43.8. The molecule has 0 saturated heterocycles. The zero-order valence-electron chi connectivity index (χ0n) is 17.1. The highest BCUT2D eigenvalue weighted by molar-refractivity contribution is 9.10. The van der Waals surface area contributed by atoms with Gasteiger partial charge in [0.1, 0.15) is 5.52 Å². The summed E-state index contributed by atoms with van der Waals surface area (Å²) >= 11 is 3.56. The Morgan fingerprint density at radius 2 is 2.06 bits per heavy atom. The van der Waals surface area contributed by atoms with Gasteiger partial charge >= 0.3 is 5.97 Å². The van der Waals surface area contributed by atoms with Gasteiger partial charge in [0.05, 0.1) is 40.4 Å². The number of aryl methyl sites for hydroxylation is 1. The average Bonchev–Trinajstić information content (AvgIpc) is 3.06. The van der Waals surface area contributed by atoms with Crippen molar-refractivity contribution in [2.45, 2.75) is 6.42 Å². The lowest BCUT2D eigenvalue weighted by Crippen LogP contribution is -2.40. The second-order valence-corrected chi connectivity index (χ2v) is 8.72. The molecule has 2 aromatic heterocycles. The van der Waals surface area contributed by atoms with Gasteiger partial charge in [-0.2, -0.15) is 0 Å². The molecule has 32 heavy (non-hydrogen) atoms. The number of aliphatic imine (C=N–C) groups is 1. The fraction of sp³-hybridized carbons (Fsp3) is 0.333. The molecule has 1 fully saturated rings. The number of carboxylic acids is 1. The number of guanidine groups is 1. The fourth-order valence-corrected chi connectivity index (χ4v) is 4.83. The summed E-state index contributed by atoms with van der Waals surface area (Å²) in [5, 5.41) is 12.9. The Kier molecular flexibility index (Phi) is 5.12. The van der Waals surface area contributed by atoms with E-state index < -0.39 is 17.8 Å². The van der Waals surface area contributed by atoms with Crippen molar-refractivity contribution in [1.82, 2.24) is 24.4 Å². The zero-order valence-corrected chi connectivity index (χ0v) is 18.7. The molecule has 1 aliphatic heterocycles. The molecule has 1 aromatic carbocycles. The molecule has 1 saturated carbocycles. The molecule has 0 bridgehead atoms. The van der Waals surface area contributed by atoms with E-state index in [1.54, 1.807) is 29.8 Å². The van der Waals surface area contributed by atoms with Crippen LogP contribution in [0.2, 0.25) is 0 Å². The third-order valence-corrected chi connectivity index (χ3v) is 6.84. The molecule has 11 heteroatoms. The number of halogens is 1. The predicted molar refractivity (Wildman–Crippen MR) is 120 cm³/mol. The number of amides is 1. The van der Waals surface area contributed by atoms with Crippen molar-refractivity contribution in [3.63, 3.8) is 0 Å². The molecule has 3 atom stereocenters. The topological polar surface area (TPSA) is 126 Å². The number of aliphatic carboxylic acids is 1. The van der Waals surface area contributed by atoms with Gasteiger partial charge in [-0.3, -0.25) is 29.4 Å². The third-order valence-electron chi connectivity index (χ3n) is 6.03. The van der Waals surface area contributed by atoms with Crippen LogP contribution in [0.3, 0.4) is 0 Å². The highest BCUT2D eigenvalue weighted by Gasteiger charge is 2.60. The van der Waals surface area contributed by atoms with E-state index in [-0.39, 0.29) is 11.8 Å². The molecule has 1 aliphatic carbocycles. The Bertz CT molecular complexity index is 1260. The Labute approximate surface area is 191 Å². The molecule has 10 nitrogen and oxygen atoms in total. The fourth-order valence-electron chi connectivity index (χ4n) is 4.29. The van der Waals surface area contributed by atoms with E-state index in [2.05, 4.69) is 41.2 Å². The summed E-state index contributed by atoms with van der Waals surface area (Å²) in [7, 11) is 1.86. The maximum Gasteiger partial charge on any atom is 0.307 e. The number of carbonyl (C=O) groups is 2. The van der Waals surface area contributed by atoms with Crippen molar-refractivity contribution in [2.24, 2.45) is 29.8 Å². The van der Waals surface area contributed by atoms with E-state index in [0.717, 1.165) is 11.2 Å². The first kappa shape index (κ1) is 20.6. The van der Waals surface area contributed by atoms with Crippen molar-refractivity contribution in [2.75, 3.05) is 18.4 Å². The minimum Gasteiger partial charge on any atom is -0.481 e. The van der Waals surface area contributed by atoms with Crippen LogP contribution in [0.1, 0.15) is 5.69 Å². The maximum atomic E-state index is 13.3. The summed E-state index contributed by atoms with van der Waals surface area (Å²) in [6, 6.07) is 3.68. The Morgan fingerprint density at radius 3 is 2.81 bits per heavy atom. The van der Waals surface area contributed by atoms with Crippen molar-refractivity contribution < 1.29 is 14.7 Å². The van der Waals surface area contributed by atoms with Crippen LogP contribution in [0.25, 0.3) is 11.0 Å². The van der Waals surface area contributed by atoms with E-state index in [4.69, 9.17) is 0 Å². The molecule has 5 rings (SSSR count). The molecule has 3 aromatic rings. The Balaban J connectivity index is 1.35. The van der Waals surface area contributed by atoms with E-state index in [1.807, 2.05) is 23.7 Å². The van der Waals surface area contributed by atoms with E-state index in [9.17, 15) is 14.7 Å². The van der Waals surface area contributed by atoms with Crippen molar-refractivity contribution in [3.8, 4) is 0 Å². The van der Waals surface area contributed by atoms with E-state index in [0.29, 0.717) is 41.1 Å². The minimum absolute atomic E-state index is 0.218. The standard InChI is InChI=1S/C21H20BrN7O3/c1-28-10-23-9-11(28)8-12-15(16(12)20(31)32)19(30)29-7-6-26-21(29)27-13-2-3-14-18(17(13)22)25-5-4-24-14/h2-5,9-10,12,15-16H,6-8H2,1H3,(H,26,27)(H,31,32). The largest absolute Gasteiger partial charge is 0.481 e. The smallest absolute Gasteiger partial charge is 0.307 e. The molecular weight excluding hydrogens is 478 g/mol. The molecule has 3 heterocycles. The number of nitrogens with one attached hydrogen (secondary N) is 1. The van der Waals surface area contributed by atoms with Gasteiger partial charge in [0, 0.05) is 37.9 Å². The first-order chi connectivity index (χ1) is 15.5. The quantitative estimate of drug-likeness (QED) is 0.551. The number of benzene rings is 1. The average molecular weight is 498 g/mol. The number of anilines is 1. The van der Waals surface area contributed by atoms with Crippen LogP contribution in [0.15, 0.2) is 46.5 Å². The maximum absolute atomic E-state index is 13.3. The summed E-state index contributed by atoms with van der Waals surface area (Å²) in [6.45, 7) is 0.864. The lowest BCUT2D eigenvalue weighted by molar-refractivity contribution is -0.141. The molecule has 1 amide bonds. The first-order valence-corrected chi connectivity index (χ1v) is 10.9. The highest BCUT2D eigenvalue weighted by atomic mass is 79.9. The SMILES string of the molecule is Cn1cncc1CC1C(C(=O)O)C1C(=O)N1CCN=C1Nc1ccc2nccnc2c1Br. The third kappa shape index (κ3) is 3.52. The minimum atomic E-state index is -0.947. The van der Waals surface area contributed by atoms with Crippen LogP contribution in [0.4, 0.5) is 5.69 Å².